The highest BCUT2D eigenvalue weighted by molar-refractivity contribution is 5.72. The third kappa shape index (κ3) is 1.79. The third-order valence-electron chi connectivity index (χ3n) is 2.85. The fourth-order valence-electron chi connectivity index (χ4n) is 2.00. The highest BCUT2D eigenvalue weighted by Crippen LogP contribution is 2.10. The second-order valence-corrected chi connectivity index (χ2v) is 4.26. The van der Waals surface area contributed by atoms with Crippen molar-refractivity contribution in [3.05, 3.63) is 58.3 Å². The van der Waals surface area contributed by atoms with E-state index >= 15 is 0 Å². The number of nitrogens with zero attached hydrogens (tertiary/aromatic N) is 3. The molecule has 1 aromatic carbocycles. The lowest BCUT2D eigenvalue weighted by Gasteiger charge is -2.03. The molecule has 90 valence electrons. The van der Waals surface area contributed by atoms with Crippen LogP contribution in [0.4, 0.5) is 0 Å². The Bertz CT molecular complexity index is 757. The standard InChI is InChI=1S/C13H12N4O/c1-9-3-2-4-10(5-9)7-17-12-11(6-16-17)13(18)15-8-14-12/h2-6,8H,7H2,1H3,(H,14,15,18). The lowest BCUT2D eigenvalue weighted by atomic mass is 10.1. The van der Waals surface area contributed by atoms with Crippen LogP contribution in [0, 0.1) is 6.92 Å². The molecule has 0 saturated heterocycles. The summed E-state index contributed by atoms with van der Waals surface area (Å²) in [5.41, 5.74) is 2.80. The van der Waals surface area contributed by atoms with E-state index in [9.17, 15) is 4.79 Å². The molecular formula is C13H12N4O. The molecule has 0 radical (unpaired) electrons. The molecule has 0 aliphatic heterocycles. The highest BCUT2D eigenvalue weighted by atomic mass is 16.1. The Morgan fingerprint density at radius 2 is 2.28 bits per heavy atom. The van der Waals surface area contributed by atoms with Gasteiger partial charge in [0.25, 0.3) is 5.56 Å². The van der Waals surface area contributed by atoms with E-state index in [1.807, 2.05) is 25.1 Å². The van der Waals surface area contributed by atoms with Gasteiger partial charge in [0.15, 0.2) is 5.65 Å². The molecule has 2 heterocycles. The van der Waals surface area contributed by atoms with Crippen molar-refractivity contribution in [3.8, 4) is 0 Å². The SMILES string of the molecule is Cc1cccc(Cn2ncc3c(=O)[nH]cnc32)c1. The molecule has 0 amide bonds. The molecule has 0 spiro atoms. The summed E-state index contributed by atoms with van der Waals surface area (Å²) in [5.74, 6) is 0. The molecular weight excluding hydrogens is 228 g/mol. The molecule has 0 fully saturated rings. The van der Waals surface area contributed by atoms with Crippen LogP contribution in [-0.2, 0) is 6.54 Å². The Kier molecular flexibility index (Phi) is 2.44. The first-order chi connectivity index (χ1) is 8.74. The van der Waals surface area contributed by atoms with Gasteiger partial charge in [-0.25, -0.2) is 9.67 Å². The first kappa shape index (κ1) is 10.7. The molecule has 5 nitrogen and oxygen atoms in total. The van der Waals surface area contributed by atoms with E-state index in [0.717, 1.165) is 5.56 Å². The maximum Gasteiger partial charge on any atom is 0.261 e. The predicted molar refractivity (Wildman–Crippen MR) is 68.4 cm³/mol. The summed E-state index contributed by atoms with van der Waals surface area (Å²) < 4.78 is 1.74. The number of aromatic nitrogens is 4. The number of hydrogen-bond donors (Lipinski definition) is 1. The van der Waals surface area contributed by atoms with E-state index < -0.39 is 0 Å². The van der Waals surface area contributed by atoms with Crippen LogP contribution in [0.2, 0.25) is 0 Å². The highest BCUT2D eigenvalue weighted by Gasteiger charge is 2.07. The van der Waals surface area contributed by atoms with Gasteiger partial charge in [-0.15, -0.1) is 0 Å². The summed E-state index contributed by atoms with van der Waals surface area (Å²) in [5, 5.41) is 4.73. The van der Waals surface area contributed by atoms with Crippen molar-refractivity contribution in [2.24, 2.45) is 0 Å². The summed E-state index contributed by atoms with van der Waals surface area (Å²) in [7, 11) is 0. The van der Waals surface area contributed by atoms with Crippen molar-refractivity contribution in [2.45, 2.75) is 13.5 Å². The zero-order chi connectivity index (χ0) is 12.5. The Balaban J connectivity index is 2.06. The van der Waals surface area contributed by atoms with Crippen molar-refractivity contribution in [3.63, 3.8) is 0 Å². The fraction of sp³-hybridized carbons (Fsp3) is 0.154. The summed E-state index contributed by atoms with van der Waals surface area (Å²) in [6.07, 6.45) is 2.95. The monoisotopic (exact) mass is 240 g/mol. The summed E-state index contributed by atoms with van der Waals surface area (Å²) >= 11 is 0. The molecule has 5 heteroatoms. The summed E-state index contributed by atoms with van der Waals surface area (Å²) in [4.78, 5) is 18.3. The number of H-pyrrole nitrogens is 1. The average Bonchev–Trinajstić information content (AvgIpc) is 2.74. The number of fused-ring (bicyclic) bond motifs is 1. The Morgan fingerprint density at radius 1 is 1.39 bits per heavy atom. The fourth-order valence-corrected chi connectivity index (χ4v) is 2.00. The maximum absolute atomic E-state index is 11.5. The number of nitrogens with one attached hydrogen (secondary N) is 1. The zero-order valence-electron chi connectivity index (χ0n) is 9.92. The molecule has 0 unspecified atom stereocenters. The van der Waals surface area contributed by atoms with Gasteiger partial charge in [0, 0.05) is 0 Å². The largest absolute Gasteiger partial charge is 0.312 e. The molecule has 0 atom stereocenters. The Labute approximate surface area is 103 Å². The van der Waals surface area contributed by atoms with Crippen molar-refractivity contribution in [1.82, 2.24) is 19.7 Å². The zero-order valence-corrected chi connectivity index (χ0v) is 9.92. The summed E-state index contributed by atoms with van der Waals surface area (Å²) in [6, 6.07) is 8.19. The second kappa shape index (κ2) is 4.10. The van der Waals surface area contributed by atoms with Gasteiger partial charge in [0.2, 0.25) is 0 Å². The third-order valence-corrected chi connectivity index (χ3v) is 2.85. The van der Waals surface area contributed by atoms with Crippen LogP contribution in [0.5, 0.6) is 0 Å². The van der Waals surface area contributed by atoms with E-state index in [0.29, 0.717) is 17.6 Å². The molecule has 2 aromatic heterocycles. The van der Waals surface area contributed by atoms with E-state index in [1.54, 1.807) is 10.9 Å². The minimum atomic E-state index is -0.157. The van der Waals surface area contributed by atoms with Crippen LogP contribution >= 0.6 is 0 Å². The quantitative estimate of drug-likeness (QED) is 0.737. The van der Waals surface area contributed by atoms with Gasteiger partial charge in [0.05, 0.1) is 19.1 Å². The van der Waals surface area contributed by atoms with Gasteiger partial charge < -0.3 is 4.98 Å². The van der Waals surface area contributed by atoms with E-state index in [-0.39, 0.29) is 5.56 Å². The second-order valence-electron chi connectivity index (χ2n) is 4.26. The smallest absolute Gasteiger partial charge is 0.261 e. The number of aromatic amines is 1. The molecule has 0 aliphatic rings. The predicted octanol–water partition coefficient (Wildman–Crippen LogP) is 1.48. The van der Waals surface area contributed by atoms with Crippen LogP contribution in [0.25, 0.3) is 11.0 Å². The number of rotatable bonds is 2. The normalized spacial score (nSPS) is 10.9. The van der Waals surface area contributed by atoms with E-state index in [1.165, 1.54) is 11.9 Å². The van der Waals surface area contributed by atoms with Crippen LogP contribution < -0.4 is 5.56 Å². The van der Waals surface area contributed by atoms with Gasteiger partial charge >= 0.3 is 0 Å². The van der Waals surface area contributed by atoms with E-state index in [2.05, 4.69) is 21.1 Å². The van der Waals surface area contributed by atoms with Gasteiger partial charge in [-0.05, 0) is 12.5 Å². The lowest BCUT2D eigenvalue weighted by molar-refractivity contribution is 0.703. The van der Waals surface area contributed by atoms with Crippen LogP contribution in [0.3, 0.4) is 0 Å². The molecule has 1 N–H and O–H groups in total. The minimum Gasteiger partial charge on any atom is -0.312 e. The van der Waals surface area contributed by atoms with Gasteiger partial charge in [-0.1, -0.05) is 29.8 Å². The first-order valence-corrected chi connectivity index (χ1v) is 5.69. The lowest BCUT2D eigenvalue weighted by Crippen LogP contribution is -2.08. The summed E-state index contributed by atoms with van der Waals surface area (Å²) in [6.45, 7) is 2.66. The van der Waals surface area contributed by atoms with Gasteiger partial charge in [-0.3, -0.25) is 4.79 Å². The Morgan fingerprint density at radius 3 is 3.11 bits per heavy atom. The number of aryl methyl sites for hydroxylation is 1. The first-order valence-electron chi connectivity index (χ1n) is 5.69. The van der Waals surface area contributed by atoms with Crippen LogP contribution in [0.15, 0.2) is 41.6 Å². The van der Waals surface area contributed by atoms with Crippen LogP contribution in [0.1, 0.15) is 11.1 Å². The topological polar surface area (TPSA) is 63.6 Å². The molecule has 3 aromatic rings. The maximum atomic E-state index is 11.5. The van der Waals surface area contributed by atoms with Crippen molar-refractivity contribution in [2.75, 3.05) is 0 Å². The molecule has 0 aliphatic carbocycles. The minimum absolute atomic E-state index is 0.157. The molecule has 18 heavy (non-hydrogen) atoms. The van der Waals surface area contributed by atoms with Gasteiger partial charge in [0.1, 0.15) is 5.39 Å². The Hall–Kier alpha value is -2.43. The number of benzene rings is 1. The number of hydrogen-bond acceptors (Lipinski definition) is 3. The molecule has 0 bridgehead atoms. The van der Waals surface area contributed by atoms with Crippen molar-refractivity contribution < 1.29 is 0 Å². The van der Waals surface area contributed by atoms with Crippen molar-refractivity contribution >= 4 is 11.0 Å². The average molecular weight is 240 g/mol. The van der Waals surface area contributed by atoms with Gasteiger partial charge in [-0.2, -0.15) is 5.10 Å². The van der Waals surface area contributed by atoms with Crippen LogP contribution in [-0.4, -0.2) is 19.7 Å². The molecule has 0 saturated carbocycles. The molecule has 3 rings (SSSR count). The van der Waals surface area contributed by atoms with E-state index in [4.69, 9.17) is 0 Å². The van der Waals surface area contributed by atoms with Crippen molar-refractivity contribution in [1.29, 1.82) is 0 Å².